The van der Waals surface area contributed by atoms with Crippen molar-refractivity contribution in [3.8, 4) is 0 Å². The number of halogens is 2. The van der Waals surface area contributed by atoms with Crippen LogP contribution >= 0.6 is 11.3 Å². The molecule has 3 aromatic heterocycles. The fraction of sp³-hybridized carbons (Fsp3) is 0.350. The van der Waals surface area contributed by atoms with E-state index in [1.165, 1.54) is 15.8 Å². The summed E-state index contributed by atoms with van der Waals surface area (Å²) < 4.78 is 29.7. The molecule has 0 bridgehead atoms. The number of aromatic nitrogens is 4. The predicted octanol–water partition coefficient (Wildman–Crippen LogP) is 4.52. The smallest absolute Gasteiger partial charge is 0.291 e. The minimum absolute atomic E-state index is 0.0363. The Labute approximate surface area is 163 Å². The lowest BCUT2D eigenvalue weighted by atomic mass is 10.1. The molecule has 144 valence electrons. The van der Waals surface area contributed by atoms with Crippen LogP contribution in [-0.4, -0.2) is 19.1 Å². The van der Waals surface area contributed by atoms with Gasteiger partial charge in [-0.3, -0.25) is 13.9 Å². The molecule has 1 aliphatic carbocycles. The molecule has 0 N–H and O–H groups in total. The second-order valence-electron chi connectivity index (χ2n) is 7.09. The molecule has 28 heavy (non-hydrogen) atoms. The van der Waals surface area contributed by atoms with Gasteiger partial charge < -0.3 is 0 Å². The Bertz CT molecular complexity index is 1240. The van der Waals surface area contributed by atoms with E-state index in [1.54, 1.807) is 35.6 Å². The number of alkyl halides is 2. The van der Waals surface area contributed by atoms with Gasteiger partial charge in [0.15, 0.2) is 0 Å². The molecular formula is C20H18F2N4OS. The van der Waals surface area contributed by atoms with E-state index in [9.17, 15) is 13.6 Å². The summed E-state index contributed by atoms with van der Waals surface area (Å²) >= 11 is 1.59. The van der Waals surface area contributed by atoms with Crippen molar-refractivity contribution >= 4 is 32.6 Å². The van der Waals surface area contributed by atoms with Crippen LogP contribution in [0.25, 0.3) is 21.3 Å². The zero-order chi connectivity index (χ0) is 19.3. The number of rotatable bonds is 3. The molecule has 0 aliphatic heterocycles. The highest BCUT2D eigenvalue weighted by molar-refractivity contribution is 7.18. The van der Waals surface area contributed by atoms with Crippen molar-refractivity contribution in [3.05, 3.63) is 57.2 Å². The highest BCUT2D eigenvalue weighted by Gasteiger charge is 2.21. The highest BCUT2D eigenvalue weighted by Crippen LogP contribution is 2.32. The maximum atomic E-state index is 13.7. The molecule has 0 radical (unpaired) electrons. The Kier molecular flexibility index (Phi) is 4.23. The number of imidazole rings is 1. The molecular weight excluding hydrogens is 382 g/mol. The number of fused-ring (bicyclic) bond motifs is 4. The van der Waals surface area contributed by atoms with E-state index >= 15 is 0 Å². The first-order valence-electron chi connectivity index (χ1n) is 9.37. The quantitative estimate of drug-likeness (QED) is 0.475. The fourth-order valence-corrected chi connectivity index (χ4v) is 5.27. The summed E-state index contributed by atoms with van der Waals surface area (Å²) in [5, 5.41) is 0.657. The fourth-order valence-electron chi connectivity index (χ4n) is 4.05. The Morgan fingerprint density at radius 2 is 1.96 bits per heavy atom. The van der Waals surface area contributed by atoms with E-state index in [1.807, 2.05) is 0 Å². The van der Waals surface area contributed by atoms with Crippen molar-refractivity contribution in [2.75, 3.05) is 0 Å². The van der Waals surface area contributed by atoms with Crippen LogP contribution in [0.3, 0.4) is 0 Å². The van der Waals surface area contributed by atoms with Gasteiger partial charge in [-0.15, -0.1) is 11.3 Å². The van der Waals surface area contributed by atoms with Crippen LogP contribution in [0.2, 0.25) is 0 Å². The highest BCUT2D eigenvalue weighted by atomic mass is 32.1. The SMILES string of the molecule is O=c1c2c3c(sc2ncn1Cc1nc2ccccc2n1C(F)F)CCCCC3. The van der Waals surface area contributed by atoms with Crippen molar-refractivity contribution in [1.82, 2.24) is 19.1 Å². The summed E-state index contributed by atoms with van der Waals surface area (Å²) in [6.45, 7) is -2.77. The van der Waals surface area contributed by atoms with E-state index in [2.05, 4.69) is 9.97 Å². The van der Waals surface area contributed by atoms with Gasteiger partial charge in [-0.2, -0.15) is 8.78 Å². The predicted molar refractivity (Wildman–Crippen MR) is 105 cm³/mol. The molecule has 1 aromatic carbocycles. The van der Waals surface area contributed by atoms with Gasteiger partial charge in [-0.05, 0) is 43.4 Å². The molecule has 0 fully saturated rings. The summed E-state index contributed by atoms with van der Waals surface area (Å²) in [4.78, 5) is 24.0. The van der Waals surface area contributed by atoms with Crippen LogP contribution in [0, 0.1) is 0 Å². The monoisotopic (exact) mass is 400 g/mol. The first-order valence-corrected chi connectivity index (χ1v) is 10.2. The van der Waals surface area contributed by atoms with Crippen LogP contribution in [0.5, 0.6) is 0 Å². The standard InChI is InChI=1S/C20H18F2N4OS/c21-20(22)26-14-8-5-4-7-13(14)24-16(26)10-25-11-23-18-17(19(25)27)12-6-2-1-3-9-15(12)28-18/h4-5,7-8,11,20H,1-3,6,9-10H2. The van der Waals surface area contributed by atoms with Crippen molar-refractivity contribution in [2.45, 2.75) is 45.2 Å². The second-order valence-corrected chi connectivity index (χ2v) is 8.17. The van der Waals surface area contributed by atoms with E-state index in [4.69, 9.17) is 0 Å². The number of aryl methyl sites for hydroxylation is 2. The molecule has 0 amide bonds. The van der Waals surface area contributed by atoms with Gasteiger partial charge in [0, 0.05) is 4.88 Å². The third-order valence-corrected chi connectivity index (χ3v) is 6.57. The van der Waals surface area contributed by atoms with E-state index < -0.39 is 6.55 Å². The summed E-state index contributed by atoms with van der Waals surface area (Å²) in [7, 11) is 0. The minimum atomic E-state index is -2.73. The Morgan fingerprint density at radius 3 is 2.82 bits per heavy atom. The molecule has 0 saturated carbocycles. The summed E-state index contributed by atoms with van der Waals surface area (Å²) in [6, 6.07) is 6.77. The number of hydrogen-bond donors (Lipinski definition) is 0. The average molecular weight is 400 g/mol. The summed E-state index contributed by atoms with van der Waals surface area (Å²) in [6.07, 6.45) is 6.68. The van der Waals surface area contributed by atoms with E-state index in [0.29, 0.717) is 16.4 Å². The van der Waals surface area contributed by atoms with Crippen molar-refractivity contribution in [2.24, 2.45) is 0 Å². The maximum absolute atomic E-state index is 13.7. The van der Waals surface area contributed by atoms with Crippen molar-refractivity contribution < 1.29 is 8.78 Å². The normalized spacial score (nSPS) is 14.7. The van der Waals surface area contributed by atoms with Crippen molar-refractivity contribution in [1.29, 1.82) is 0 Å². The largest absolute Gasteiger partial charge is 0.320 e. The van der Waals surface area contributed by atoms with Gasteiger partial charge in [-0.1, -0.05) is 18.6 Å². The lowest BCUT2D eigenvalue weighted by Gasteiger charge is -2.09. The molecule has 5 nitrogen and oxygen atoms in total. The molecule has 0 spiro atoms. The number of benzene rings is 1. The van der Waals surface area contributed by atoms with Gasteiger partial charge in [0.2, 0.25) is 0 Å². The second kappa shape index (κ2) is 6.77. The Hall–Kier alpha value is -2.61. The number of thiophene rings is 1. The first kappa shape index (κ1) is 17.5. The van der Waals surface area contributed by atoms with Gasteiger partial charge in [0.1, 0.15) is 10.7 Å². The summed E-state index contributed by atoms with van der Waals surface area (Å²) in [5.74, 6) is 0.153. The number of nitrogens with zero attached hydrogens (tertiary/aromatic N) is 4. The van der Waals surface area contributed by atoms with Crippen molar-refractivity contribution in [3.63, 3.8) is 0 Å². The van der Waals surface area contributed by atoms with Crippen LogP contribution in [0.15, 0.2) is 35.4 Å². The zero-order valence-electron chi connectivity index (χ0n) is 15.1. The first-order chi connectivity index (χ1) is 13.6. The molecule has 8 heteroatoms. The molecule has 3 heterocycles. The molecule has 0 saturated heterocycles. The van der Waals surface area contributed by atoms with Crippen LogP contribution < -0.4 is 5.56 Å². The Morgan fingerprint density at radius 1 is 1.14 bits per heavy atom. The molecule has 0 atom stereocenters. The Balaban J connectivity index is 1.64. The lowest BCUT2D eigenvalue weighted by Crippen LogP contribution is -2.23. The van der Waals surface area contributed by atoms with Crippen LogP contribution in [0.4, 0.5) is 8.78 Å². The molecule has 0 unspecified atom stereocenters. The third-order valence-electron chi connectivity index (χ3n) is 5.37. The third kappa shape index (κ3) is 2.74. The topological polar surface area (TPSA) is 52.7 Å². The average Bonchev–Trinajstić information content (AvgIpc) is 3.14. The van der Waals surface area contributed by atoms with Crippen LogP contribution in [-0.2, 0) is 19.4 Å². The maximum Gasteiger partial charge on any atom is 0.320 e. The van der Waals surface area contributed by atoms with Gasteiger partial charge in [-0.25, -0.2) is 9.97 Å². The number of para-hydroxylation sites is 2. The van der Waals surface area contributed by atoms with Crippen LogP contribution in [0.1, 0.15) is 42.1 Å². The number of hydrogen-bond acceptors (Lipinski definition) is 4. The van der Waals surface area contributed by atoms with E-state index in [0.717, 1.165) is 47.1 Å². The summed E-state index contributed by atoms with van der Waals surface area (Å²) in [5.41, 5.74) is 1.78. The van der Waals surface area contributed by atoms with Gasteiger partial charge in [0.05, 0.1) is 29.3 Å². The minimum Gasteiger partial charge on any atom is -0.291 e. The molecule has 4 aromatic rings. The van der Waals surface area contributed by atoms with Gasteiger partial charge in [0.25, 0.3) is 5.56 Å². The van der Waals surface area contributed by atoms with E-state index in [-0.39, 0.29) is 17.9 Å². The van der Waals surface area contributed by atoms with Gasteiger partial charge >= 0.3 is 6.55 Å². The molecule has 1 aliphatic rings. The molecule has 5 rings (SSSR count). The lowest BCUT2D eigenvalue weighted by molar-refractivity contribution is 0.0711. The zero-order valence-corrected chi connectivity index (χ0v) is 15.9.